The first-order valence-electron chi connectivity index (χ1n) is 3.65. The lowest BCUT2D eigenvalue weighted by Crippen LogP contribution is -2.41. The van der Waals surface area contributed by atoms with E-state index in [0.29, 0.717) is 6.04 Å². The summed E-state index contributed by atoms with van der Waals surface area (Å²) < 4.78 is 0. The molecular formula is C7H18N2. The monoisotopic (exact) mass is 130 g/mol. The Kier molecular flexibility index (Phi) is 4.72. The molecule has 0 aromatic heterocycles. The first-order chi connectivity index (χ1) is 4.22. The third-order valence-electron chi connectivity index (χ3n) is 1.61. The Hall–Kier alpha value is -0.0800. The Bertz CT molecular complexity index is 61.9. The second kappa shape index (κ2) is 4.77. The largest absolute Gasteiger partial charge is 0.327 e. The molecule has 0 fully saturated rings. The summed E-state index contributed by atoms with van der Waals surface area (Å²) in [4.78, 5) is 0. The first kappa shape index (κ1) is 8.92. The molecule has 2 atom stereocenters. The molecule has 56 valence electrons. The molecule has 0 aromatic carbocycles. The van der Waals surface area contributed by atoms with Crippen LogP contribution in [-0.4, -0.2) is 19.1 Å². The van der Waals surface area contributed by atoms with E-state index in [-0.39, 0.29) is 6.04 Å². The van der Waals surface area contributed by atoms with Crippen molar-refractivity contribution in [3.05, 3.63) is 0 Å². The van der Waals surface area contributed by atoms with Gasteiger partial charge in [0.15, 0.2) is 0 Å². The van der Waals surface area contributed by atoms with Crippen LogP contribution < -0.4 is 11.1 Å². The van der Waals surface area contributed by atoms with E-state index < -0.39 is 0 Å². The van der Waals surface area contributed by atoms with Crippen LogP contribution in [0.2, 0.25) is 0 Å². The normalized spacial score (nSPS) is 17.3. The van der Waals surface area contributed by atoms with Crippen molar-refractivity contribution in [2.45, 2.75) is 38.8 Å². The van der Waals surface area contributed by atoms with Gasteiger partial charge in [-0.1, -0.05) is 13.3 Å². The molecule has 9 heavy (non-hydrogen) atoms. The van der Waals surface area contributed by atoms with Gasteiger partial charge in [-0.05, 0) is 20.4 Å². The van der Waals surface area contributed by atoms with Crippen LogP contribution in [0.15, 0.2) is 0 Å². The van der Waals surface area contributed by atoms with Crippen molar-refractivity contribution in [1.29, 1.82) is 0 Å². The average Bonchev–Trinajstić information content (AvgIpc) is 1.82. The minimum atomic E-state index is 0.273. The summed E-state index contributed by atoms with van der Waals surface area (Å²) in [5.74, 6) is 0. The molecule has 0 amide bonds. The van der Waals surface area contributed by atoms with E-state index in [1.54, 1.807) is 0 Å². The highest BCUT2D eigenvalue weighted by atomic mass is 14.9. The van der Waals surface area contributed by atoms with E-state index in [4.69, 9.17) is 5.73 Å². The van der Waals surface area contributed by atoms with E-state index in [0.717, 1.165) is 0 Å². The fraction of sp³-hybridized carbons (Fsp3) is 1.00. The smallest absolute Gasteiger partial charge is 0.0213 e. The summed E-state index contributed by atoms with van der Waals surface area (Å²) in [6.07, 6.45) is 2.38. The summed E-state index contributed by atoms with van der Waals surface area (Å²) in [5.41, 5.74) is 5.67. The summed E-state index contributed by atoms with van der Waals surface area (Å²) >= 11 is 0. The highest BCUT2D eigenvalue weighted by Gasteiger charge is 2.07. The van der Waals surface area contributed by atoms with Crippen molar-refractivity contribution in [3.8, 4) is 0 Å². The minimum absolute atomic E-state index is 0.273. The molecule has 0 aliphatic carbocycles. The molecule has 3 N–H and O–H groups in total. The topological polar surface area (TPSA) is 38.0 Å². The summed E-state index contributed by atoms with van der Waals surface area (Å²) in [7, 11) is 1.96. The molecule has 0 heterocycles. The molecule has 0 aromatic rings. The van der Waals surface area contributed by atoms with Crippen LogP contribution in [0.5, 0.6) is 0 Å². The van der Waals surface area contributed by atoms with Crippen molar-refractivity contribution in [1.82, 2.24) is 5.32 Å². The van der Waals surface area contributed by atoms with Crippen molar-refractivity contribution in [2.75, 3.05) is 7.05 Å². The quantitative estimate of drug-likeness (QED) is 0.588. The van der Waals surface area contributed by atoms with E-state index in [2.05, 4.69) is 12.2 Å². The Morgan fingerprint density at radius 1 is 1.56 bits per heavy atom. The molecule has 0 radical (unpaired) electrons. The van der Waals surface area contributed by atoms with Crippen molar-refractivity contribution in [2.24, 2.45) is 5.73 Å². The number of rotatable bonds is 4. The van der Waals surface area contributed by atoms with Crippen LogP contribution in [0.1, 0.15) is 26.7 Å². The van der Waals surface area contributed by atoms with Gasteiger partial charge in [0.05, 0.1) is 0 Å². The van der Waals surface area contributed by atoms with Gasteiger partial charge in [0.1, 0.15) is 0 Å². The van der Waals surface area contributed by atoms with Crippen LogP contribution >= 0.6 is 0 Å². The van der Waals surface area contributed by atoms with Crippen LogP contribution in [0.25, 0.3) is 0 Å². The SMILES string of the molecule is CCCC(NC)C(C)N. The molecule has 2 nitrogen and oxygen atoms in total. The van der Waals surface area contributed by atoms with Gasteiger partial charge < -0.3 is 11.1 Å². The number of nitrogens with one attached hydrogen (secondary N) is 1. The van der Waals surface area contributed by atoms with Crippen LogP contribution in [0, 0.1) is 0 Å². The first-order valence-corrected chi connectivity index (χ1v) is 3.65. The van der Waals surface area contributed by atoms with Gasteiger partial charge in [0.2, 0.25) is 0 Å². The van der Waals surface area contributed by atoms with Gasteiger partial charge in [0, 0.05) is 12.1 Å². The van der Waals surface area contributed by atoms with Crippen molar-refractivity contribution >= 4 is 0 Å². The van der Waals surface area contributed by atoms with Gasteiger partial charge in [-0.15, -0.1) is 0 Å². The van der Waals surface area contributed by atoms with Gasteiger partial charge in [-0.25, -0.2) is 0 Å². The predicted molar refractivity (Wildman–Crippen MR) is 41.4 cm³/mol. The zero-order chi connectivity index (χ0) is 7.28. The van der Waals surface area contributed by atoms with Crippen molar-refractivity contribution in [3.63, 3.8) is 0 Å². The molecule has 0 aliphatic rings. The molecule has 2 unspecified atom stereocenters. The predicted octanol–water partition coefficient (Wildman–Crippen LogP) is 0.722. The van der Waals surface area contributed by atoms with E-state index in [1.807, 2.05) is 14.0 Å². The summed E-state index contributed by atoms with van der Waals surface area (Å²) in [6.45, 7) is 4.21. The molecule has 0 bridgehead atoms. The number of hydrogen-bond donors (Lipinski definition) is 2. The zero-order valence-electron chi connectivity index (χ0n) is 6.65. The summed E-state index contributed by atoms with van der Waals surface area (Å²) in [6, 6.07) is 0.768. The lowest BCUT2D eigenvalue weighted by Gasteiger charge is -2.18. The van der Waals surface area contributed by atoms with Gasteiger partial charge in [-0.2, -0.15) is 0 Å². The lowest BCUT2D eigenvalue weighted by molar-refractivity contribution is 0.449. The Morgan fingerprint density at radius 2 is 2.11 bits per heavy atom. The highest BCUT2D eigenvalue weighted by molar-refractivity contribution is 4.72. The van der Waals surface area contributed by atoms with Crippen LogP contribution in [0.3, 0.4) is 0 Å². The second-order valence-electron chi connectivity index (χ2n) is 2.54. The fourth-order valence-corrected chi connectivity index (χ4v) is 0.981. The molecular weight excluding hydrogens is 112 g/mol. The average molecular weight is 130 g/mol. The van der Waals surface area contributed by atoms with Crippen LogP contribution in [-0.2, 0) is 0 Å². The fourth-order valence-electron chi connectivity index (χ4n) is 0.981. The van der Waals surface area contributed by atoms with Gasteiger partial charge in [-0.3, -0.25) is 0 Å². The number of hydrogen-bond acceptors (Lipinski definition) is 2. The molecule has 0 saturated carbocycles. The minimum Gasteiger partial charge on any atom is -0.327 e. The third-order valence-corrected chi connectivity index (χ3v) is 1.61. The number of likely N-dealkylation sites (N-methyl/N-ethyl adjacent to an activating group) is 1. The van der Waals surface area contributed by atoms with Gasteiger partial charge in [0.25, 0.3) is 0 Å². The van der Waals surface area contributed by atoms with Crippen molar-refractivity contribution < 1.29 is 0 Å². The maximum Gasteiger partial charge on any atom is 0.0213 e. The maximum atomic E-state index is 5.67. The third kappa shape index (κ3) is 3.49. The lowest BCUT2D eigenvalue weighted by atomic mass is 10.1. The number of nitrogens with two attached hydrogens (primary N) is 1. The molecule has 0 spiro atoms. The van der Waals surface area contributed by atoms with E-state index in [9.17, 15) is 0 Å². The highest BCUT2D eigenvalue weighted by Crippen LogP contribution is 1.98. The molecule has 0 rings (SSSR count). The van der Waals surface area contributed by atoms with Gasteiger partial charge >= 0.3 is 0 Å². The van der Waals surface area contributed by atoms with E-state index in [1.165, 1.54) is 12.8 Å². The van der Waals surface area contributed by atoms with E-state index >= 15 is 0 Å². The second-order valence-corrected chi connectivity index (χ2v) is 2.54. The Morgan fingerprint density at radius 3 is 2.22 bits per heavy atom. The standard InChI is InChI=1S/C7H18N2/c1-4-5-7(9-3)6(2)8/h6-7,9H,4-5,8H2,1-3H3. The summed E-state index contributed by atoms with van der Waals surface area (Å²) in [5, 5.41) is 3.18. The molecule has 2 heteroatoms. The van der Waals surface area contributed by atoms with Crippen LogP contribution in [0.4, 0.5) is 0 Å². The zero-order valence-corrected chi connectivity index (χ0v) is 6.65. The molecule has 0 aliphatic heterocycles. The molecule has 0 saturated heterocycles. The Labute approximate surface area is 57.8 Å². The maximum absolute atomic E-state index is 5.67. The Balaban J connectivity index is 3.41.